The number of carbonyl (C=O) groups excluding carboxylic acids is 1. The Labute approximate surface area is 83.1 Å². The number of rotatable bonds is 1. The van der Waals surface area contributed by atoms with E-state index in [0.717, 1.165) is 5.56 Å². The number of hydrogen-bond acceptors (Lipinski definition) is 2. The van der Waals surface area contributed by atoms with E-state index in [2.05, 4.69) is 5.32 Å². The molecule has 0 bridgehead atoms. The van der Waals surface area contributed by atoms with Gasteiger partial charge in [-0.25, -0.2) is 4.79 Å². The minimum absolute atomic E-state index is 0.339. The van der Waals surface area contributed by atoms with E-state index in [0.29, 0.717) is 6.54 Å². The van der Waals surface area contributed by atoms with Crippen LogP contribution in [0.1, 0.15) is 18.1 Å². The number of cyclic esters (lactones) is 1. The third-order valence-corrected chi connectivity index (χ3v) is 2.52. The Hall–Kier alpha value is -1.51. The lowest BCUT2D eigenvalue weighted by Crippen LogP contribution is -2.26. The molecule has 1 saturated heterocycles. The van der Waals surface area contributed by atoms with Crippen molar-refractivity contribution >= 4 is 6.09 Å². The van der Waals surface area contributed by atoms with Crippen molar-refractivity contribution in [2.24, 2.45) is 0 Å². The predicted octanol–water partition coefficient (Wildman–Crippen LogP) is 1.95. The van der Waals surface area contributed by atoms with Crippen LogP contribution < -0.4 is 5.32 Å². The molecular formula is C11H13NO2. The van der Waals surface area contributed by atoms with Gasteiger partial charge in [-0.05, 0) is 19.4 Å². The lowest BCUT2D eigenvalue weighted by atomic mass is 9.95. The van der Waals surface area contributed by atoms with Crippen molar-refractivity contribution in [1.29, 1.82) is 0 Å². The maximum Gasteiger partial charge on any atom is 0.408 e. The van der Waals surface area contributed by atoms with Crippen molar-refractivity contribution in [2.45, 2.75) is 19.4 Å². The van der Waals surface area contributed by atoms with Crippen LogP contribution in [0.5, 0.6) is 0 Å². The van der Waals surface area contributed by atoms with Gasteiger partial charge in [-0.15, -0.1) is 0 Å². The second-order valence-corrected chi connectivity index (χ2v) is 3.84. The third kappa shape index (κ3) is 1.45. The average Bonchev–Trinajstić information content (AvgIpc) is 2.48. The second kappa shape index (κ2) is 3.01. The summed E-state index contributed by atoms with van der Waals surface area (Å²) in [5, 5.41) is 2.67. The molecule has 0 radical (unpaired) electrons. The zero-order valence-electron chi connectivity index (χ0n) is 8.33. The summed E-state index contributed by atoms with van der Waals surface area (Å²) < 4.78 is 5.24. The summed E-state index contributed by atoms with van der Waals surface area (Å²) in [6.07, 6.45) is -0.339. The van der Waals surface area contributed by atoms with E-state index in [9.17, 15) is 4.79 Å². The summed E-state index contributed by atoms with van der Waals surface area (Å²) in [6.45, 7) is 4.48. The Balaban J connectivity index is 2.34. The molecule has 1 aromatic rings. The van der Waals surface area contributed by atoms with E-state index >= 15 is 0 Å². The van der Waals surface area contributed by atoms with Gasteiger partial charge < -0.3 is 10.1 Å². The number of amides is 1. The monoisotopic (exact) mass is 191 g/mol. The van der Waals surface area contributed by atoms with Crippen LogP contribution in [0.25, 0.3) is 0 Å². The van der Waals surface area contributed by atoms with E-state index in [-0.39, 0.29) is 6.09 Å². The molecule has 1 heterocycles. The van der Waals surface area contributed by atoms with Gasteiger partial charge in [0.25, 0.3) is 0 Å². The van der Waals surface area contributed by atoms with Gasteiger partial charge in [0.2, 0.25) is 0 Å². The van der Waals surface area contributed by atoms with Gasteiger partial charge in [0.05, 0.1) is 6.54 Å². The zero-order chi connectivity index (χ0) is 10.2. The van der Waals surface area contributed by atoms with Gasteiger partial charge >= 0.3 is 6.09 Å². The number of nitrogens with one attached hydrogen (secondary N) is 1. The molecule has 3 nitrogen and oxygen atoms in total. The number of alkyl carbamates (subject to hydrolysis) is 1. The molecule has 1 aromatic carbocycles. The Morgan fingerprint density at radius 1 is 1.50 bits per heavy atom. The minimum Gasteiger partial charge on any atom is -0.436 e. The van der Waals surface area contributed by atoms with Crippen LogP contribution in [-0.2, 0) is 10.3 Å². The summed E-state index contributed by atoms with van der Waals surface area (Å²) in [7, 11) is 0. The normalized spacial score (nSPS) is 25.7. The highest BCUT2D eigenvalue weighted by Crippen LogP contribution is 2.28. The predicted molar refractivity (Wildman–Crippen MR) is 53.0 cm³/mol. The molecule has 1 aliphatic heterocycles. The molecule has 1 aliphatic rings. The van der Waals surface area contributed by atoms with Gasteiger partial charge in [-0.1, -0.05) is 29.8 Å². The molecule has 0 aliphatic carbocycles. The third-order valence-electron chi connectivity index (χ3n) is 2.52. The van der Waals surface area contributed by atoms with Gasteiger partial charge in [0.1, 0.15) is 0 Å². The SMILES string of the molecule is Cc1cccc(C2(C)CNC(=O)O2)c1. The highest BCUT2D eigenvalue weighted by Gasteiger charge is 2.37. The Kier molecular flexibility index (Phi) is 1.95. The van der Waals surface area contributed by atoms with E-state index in [4.69, 9.17) is 4.74 Å². The van der Waals surface area contributed by atoms with Crippen molar-refractivity contribution in [2.75, 3.05) is 6.54 Å². The van der Waals surface area contributed by atoms with E-state index in [1.165, 1.54) is 5.56 Å². The molecule has 0 spiro atoms. The topological polar surface area (TPSA) is 38.3 Å². The Morgan fingerprint density at radius 2 is 2.29 bits per heavy atom. The number of benzene rings is 1. The molecule has 14 heavy (non-hydrogen) atoms. The van der Waals surface area contributed by atoms with Crippen LogP contribution in [0.4, 0.5) is 4.79 Å². The van der Waals surface area contributed by atoms with Crippen molar-refractivity contribution in [3.05, 3.63) is 35.4 Å². The van der Waals surface area contributed by atoms with Gasteiger partial charge in [0, 0.05) is 0 Å². The molecule has 1 fully saturated rings. The largest absolute Gasteiger partial charge is 0.436 e. The Morgan fingerprint density at radius 3 is 2.86 bits per heavy atom. The maximum absolute atomic E-state index is 11.0. The number of carbonyl (C=O) groups is 1. The summed E-state index contributed by atoms with van der Waals surface area (Å²) in [6, 6.07) is 8.02. The fourth-order valence-electron chi connectivity index (χ4n) is 1.65. The molecule has 1 unspecified atom stereocenters. The molecule has 2 rings (SSSR count). The first-order chi connectivity index (χ1) is 6.60. The molecular weight excluding hydrogens is 178 g/mol. The summed E-state index contributed by atoms with van der Waals surface area (Å²) in [4.78, 5) is 11.0. The van der Waals surface area contributed by atoms with Crippen molar-refractivity contribution in [1.82, 2.24) is 5.32 Å². The van der Waals surface area contributed by atoms with Gasteiger partial charge in [-0.3, -0.25) is 0 Å². The first-order valence-corrected chi connectivity index (χ1v) is 4.64. The van der Waals surface area contributed by atoms with Crippen LogP contribution >= 0.6 is 0 Å². The standard InChI is InChI=1S/C11H13NO2/c1-8-4-3-5-9(6-8)11(2)7-12-10(13)14-11/h3-6H,7H2,1-2H3,(H,12,13). The molecule has 0 aromatic heterocycles. The molecule has 1 amide bonds. The molecule has 0 saturated carbocycles. The number of ether oxygens (including phenoxy) is 1. The van der Waals surface area contributed by atoms with Crippen LogP contribution in [0.15, 0.2) is 24.3 Å². The molecule has 3 heteroatoms. The Bertz CT molecular complexity index is 375. The summed E-state index contributed by atoms with van der Waals surface area (Å²) in [5.41, 5.74) is 1.70. The lowest BCUT2D eigenvalue weighted by Gasteiger charge is -2.21. The van der Waals surface area contributed by atoms with E-state index < -0.39 is 5.60 Å². The highest BCUT2D eigenvalue weighted by molar-refractivity contribution is 5.70. The molecule has 1 atom stereocenters. The summed E-state index contributed by atoms with van der Waals surface area (Å²) >= 11 is 0. The van der Waals surface area contributed by atoms with Gasteiger partial charge in [-0.2, -0.15) is 0 Å². The molecule has 74 valence electrons. The van der Waals surface area contributed by atoms with Crippen LogP contribution in [0.2, 0.25) is 0 Å². The smallest absolute Gasteiger partial charge is 0.408 e. The van der Waals surface area contributed by atoms with Crippen LogP contribution in [0, 0.1) is 6.92 Å². The second-order valence-electron chi connectivity index (χ2n) is 3.84. The number of hydrogen-bond donors (Lipinski definition) is 1. The van der Waals surface area contributed by atoms with Gasteiger partial charge in [0.15, 0.2) is 5.60 Å². The molecule has 1 N–H and O–H groups in total. The quantitative estimate of drug-likeness (QED) is 0.736. The highest BCUT2D eigenvalue weighted by atomic mass is 16.6. The van der Waals surface area contributed by atoms with Crippen molar-refractivity contribution in [3.63, 3.8) is 0 Å². The fourth-order valence-corrected chi connectivity index (χ4v) is 1.65. The summed E-state index contributed by atoms with van der Waals surface area (Å²) in [5.74, 6) is 0. The average molecular weight is 191 g/mol. The minimum atomic E-state index is -0.511. The maximum atomic E-state index is 11.0. The van der Waals surface area contributed by atoms with E-state index in [1.807, 2.05) is 38.1 Å². The van der Waals surface area contributed by atoms with Crippen LogP contribution in [-0.4, -0.2) is 12.6 Å². The van der Waals surface area contributed by atoms with Crippen LogP contribution in [0.3, 0.4) is 0 Å². The lowest BCUT2D eigenvalue weighted by molar-refractivity contribution is 0.0704. The first-order valence-electron chi connectivity index (χ1n) is 4.64. The fraction of sp³-hybridized carbons (Fsp3) is 0.364. The zero-order valence-corrected chi connectivity index (χ0v) is 8.33. The van der Waals surface area contributed by atoms with E-state index in [1.54, 1.807) is 0 Å². The first kappa shape index (κ1) is 9.06. The number of aryl methyl sites for hydroxylation is 1. The van der Waals surface area contributed by atoms with Crippen molar-refractivity contribution < 1.29 is 9.53 Å². The van der Waals surface area contributed by atoms with Crippen molar-refractivity contribution in [3.8, 4) is 0 Å².